The third-order valence-corrected chi connectivity index (χ3v) is 4.08. The number of aromatic nitrogens is 4. The molecule has 148 valence electrons. The Hall–Kier alpha value is -2.91. The molecular formula is C17H26N6O4. The first-order valence-electron chi connectivity index (χ1n) is 8.66. The SMILES string of the molecule is CCN(CC(=O)NC(C)(C)C)C(=O)Cn1c(=O)c2c(ncn2C)n(C)c1=O. The molecule has 0 spiro atoms. The summed E-state index contributed by atoms with van der Waals surface area (Å²) >= 11 is 0. The van der Waals surface area contributed by atoms with Crippen molar-refractivity contribution in [2.45, 2.75) is 39.8 Å². The predicted octanol–water partition coefficient (Wildman–Crippen LogP) is -0.803. The predicted molar refractivity (Wildman–Crippen MR) is 100 cm³/mol. The van der Waals surface area contributed by atoms with Gasteiger partial charge in [0.1, 0.15) is 6.54 Å². The normalized spacial score (nSPS) is 11.6. The van der Waals surface area contributed by atoms with Gasteiger partial charge in [-0.05, 0) is 27.7 Å². The smallest absolute Gasteiger partial charge is 0.332 e. The molecule has 2 aromatic heterocycles. The number of nitrogens with zero attached hydrogens (tertiary/aromatic N) is 5. The second-order valence-electron chi connectivity index (χ2n) is 7.47. The molecule has 2 amide bonds. The highest BCUT2D eigenvalue weighted by molar-refractivity contribution is 5.85. The number of carbonyl (C=O) groups is 2. The van der Waals surface area contributed by atoms with E-state index in [0.717, 1.165) is 4.57 Å². The summed E-state index contributed by atoms with van der Waals surface area (Å²) in [5.74, 6) is -0.790. The molecule has 0 aliphatic rings. The van der Waals surface area contributed by atoms with Crippen LogP contribution in [0.25, 0.3) is 11.2 Å². The Kier molecular flexibility index (Phi) is 5.57. The number of imidazole rings is 1. The summed E-state index contributed by atoms with van der Waals surface area (Å²) in [6, 6.07) is 0. The van der Waals surface area contributed by atoms with E-state index in [-0.39, 0.29) is 30.2 Å². The van der Waals surface area contributed by atoms with Gasteiger partial charge in [-0.15, -0.1) is 0 Å². The van der Waals surface area contributed by atoms with E-state index in [4.69, 9.17) is 0 Å². The number of nitrogens with one attached hydrogen (secondary N) is 1. The van der Waals surface area contributed by atoms with Crippen LogP contribution in [-0.2, 0) is 30.2 Å². The number of fused-ring (bicyclic) bond motifs is 1. The lowest BCUT2D eigenvalue weighted by Crippen LogP contribution is -2.49. The van der Waals surface area contributed by atoms with Gasteiger partial charge in [0.15, 0.2) is 11.2 Å². The summed E-state index contributed by atoms with van der Waals surface area (Å²) in [7, 11) is 3.13. The Bertz CT molecular complexity index is 992. The number of carbonyl (C=O) groups excluding carboxylic acids is 2. The van der Waals surface area contributed by atoms with E-state index >= 15 is 0 Å². The van der Waals surface area contributed by atoms with Crippen molar-refractivity contribution in [2.24, 2.45) is 14.1 Å². The van der Waals surface area contributed by atoms with Crippen LogP contribution in [0.4, 0.5) is 0 Å². The van der Waals surface area contributed by atoms with Crippen LogP contribution in [0.5, 0.6) is 0 Å². The van der Waals surface area contributed by atoms with E-state index in [0.29, 0.717) is 0 Å². The number of hydrogen-bond acceptors (Lipinski definition) is 5. The molecule has 0 aliphatic carbocycles. The number of rotatable bonds is 5. The molecule has 27 heavy (non-hydrogen) atoms. The van der Waals surface area contributed by atoms with Crippen molar-refractivity contribution in [3.63, 3.8) is 0 Å². The van der Waals surface area contributed by atoms with Crippen molar-refractivity contribution < 1.29 is 9.59 Å². The quantitative estimate of drug-likeness (QED) is 0.732. The average Bonchev–Trinajstić information content (AvgIpc) is 2.94. The number of amides is 2. The summed E-state index contributed by atoms with van der Waals surface area (Å²) in [5, 5.41) is 2.78. The van der Waals surface area contributed by atoms with Gasteiger partial charge in [0.25, 0.3) is 5.56 Å². The Labute approximate surface area is 156 Å². The van der Waals surface area contributed by atoms with Crippen LogP contribution in [0, 0.1) is 0 Å². The zero-order valence-corrected chi connectivity index (χ0v) is 16.6. The molecule has 10 nitrogen and oxygen atoms in total. The Balaban J connectivity index is 2.31. The topological polar surface area (TPSA) is 111 Å². The maximum absolute atomic E-state index is 12.7. The van der Waals surface area contributed by atoms with Crippen LogP contribution < -0.4 is 16.6 Å². The highest BCUT2D eigenvalue weighted by Gasteiger charge is 2.22. The highest BCUT2D eigenvalue weighted by Crippen LogP contribution is 2.03. The van der Waals surface area contributed by atoms with Crippen LogP contribution in [0.1, 0.15) is 27.7 Å². The fraction of sp³-hybridized carbons (Fsp3) is 0.588. The van der Waals surface area contributed by atoms with E-state index in [1.165, 1.54) is 27.4 Å². The molecule has 1 N–H and O–H groups in total. The van der Waals surface area contributed by atoms with Crippen LogP contribution in [0.3, 0.4) is 0 Å². The maximum atomic E-state index is 12.7. The van der Waals surface area contributed by atoms with Crippen LogP contribution in [0.2, 0.25) is 0 Å². The molecular weight excluding hydrogens is 352 g/mol. The van der Waals surface area contributed by atoms with Gasteiger partial charge < -0.3 is 14.8 Å². The number of likely N-dealkylation sites (N-methyl/N-ethyl adjacent to an activating group) is 1. The van der Waals surface area contributed by atoms with Crippen molar-refractivity contribution in [2.75, 3.05) is 13.1 Å². The van der Waals surface area contributed by atoms with Gasteiger partial charge in [-0.2, -0.15) is 0 Å². The van der Waals surface area contributed by atoms with E-state index in [1.54, 1.807) is 14.0 Å². The summed E-state index contributed by atoms with van der Waals surface area (Å²) in [6.45, 7) is 6.95. The minimum atomic E-state index is -0.630. The van der Waals surface area contributed by atoms with E-state index in [9.17, 15) is 19.2 Å². The molecule has 0 bridgehead atoms. The highest BCUT2D eigenvalue weighted by atomic mass is 16.2. The van der Waals surface area contributed by atoms with Crippen LogP contribution >= 0.6 is 0 Å². The summed E-state index contributed by atoms with van der Waals surface area (Å²) in [6.07, 6.45) is 1.44. The lowest BCUT2D eigenvalue weighted by atomic mass is 10.1. The minimum absolute atomic E-state index is 0.143. The summed E-state index contributed by atoms with van der Waals surface area (Å²) < 4.78 is 3.61. The molecule has 0 unspecified atom stereocenters. The fourth-order valence-corrected chi connectivity index (χ4v) is 2.78. The largest absolute Gasteiger partial charge is 0.350 e. The Morgan fingerprint density at radius 2 is 1.85 bits per heavy atom. The van der Waals surface area contributed by atoms with Crippen molar-refractivity contribution in [1.82, 2.24) is 28.9 Å². The van der Waals surface area contributed by atoms with Crippen molar-refractivity contribution in [3.05, 3.63) is 27.2 Å². The van der Waals surface area contributed by atoms with E-state index in [2.05, 4.69) is 10.3 Å². The molecule has 0 aliphatic heterocycles. The van der Waals surface area contributed by atoms with Gasteiger partial charge in [0.05, 0.1) is 12.9 Å². The van der Waals surface area contributed by atoms with Crippen LogP contribution in [-0.4, -0.2) is 54.0 Å². The van der Waals surface area contributed by atoms with Gasteiger partial charge >= 0.3 is 5.69 Å². The molecule has 2 aromatic rings. The summed E-state index contributed by atoms with van der Waals surface area (Å²) in [5.41, 5.74) is -1.14. The first-order chi connectivity index (χ1) is 12.5. The molecule has 2 rings (SSSR count). The first-order valence-corrected chi connectivity index (χ1v) is 8.66. The minimum Gasteiger partial charge on any atom is -0.350 e. The lowest BCUT2D eigenvalue weighted by molar-refractivity contribution is -0.136. The van der Waals surface area contributed by atoms with Crippen LogP contribution in [0.15, 0.2) is 15.9 Å². The molecule has 0 aromatic carbocycles. The molecule has 0 saturated carbocycles. The van der Waals surface area contributed by atoms with Gasteiger partial charge in [0, 0.05) is 26.2 Å². The van der Waals surface area contributed by atoms with Crippen molar-refractivity contribution in [3.8, 4) is 0 Å². The van der Waals surface area contributed by atoms with Gasteiger partial charge in [0.2, 0.25) is 11.8 Å². The van der Waals surface area contributed by atoms with Crippen molar-refractivity contribution in [1.29, 1.82) is 0 Å². The van der Waals surface area contributed by atoms with E-state index in [1.807, 2.05) is 20.8 Å². The van der Waals surface area contributed by atoms with Gasteiger partial charge in [-0.25, -0.2) is 14.3 Å². The molecule has 0 saturated heterocycles. The van der Waals surface area contributed by atoms with E-state index < -0.39 is 29.2 Å². The molecule has 0 radical (unpaired) electrons. The second-order valence-corrected chi connectivity index (χ2v) is 7.47. The first kappa shape index (κ1) is 20.4. The Morgan fingerprint density at radius 1 is 1.22 bits per heavy atom. The average molecular weight is 378 g/mol. The third kappa shape index (κ3) is 4.26. The summed E-state index contributed by atoms with van der Waals surface area (Å²) in [4.78, 5) is 55.3. The Morgan fingerprint density at radius 3 is 2.41 bits per heavy atom. The number of aryl methyl sites for hydroxylation is 2. The zero-order valence-electron chi connectivity index (χ0n) is 16.6. The fourth-order valence-electron chi connectivity index (χ4n) is 2.78. The molecule has 0 fully saturated rings. The maximum Gasteiger partial charge on any atom is 0.332 e. The van der Waals surface area contributed by atoms with Gasteiger partial charge in [-0.1, -0.05) is 0 Å². The molecule has 10 heteroatoms. The lowest BCUT2D eigenvalue weighted by Gasteiger charge is -2.25. The molecule has 2 heterocycles. The third-order valence-electron chi connectivity index (χ3n) is 4.08. The van der Waals surface area contributed by atoms with Gasteiger partial charge in [-0.3, -0.25) is 19.0 Å². The molecule has 0 atom stereocenters. The standard InChI is InChI=1S/C17H26N6O4/c1-7-22(8-11(24)19-17(2,3)4)12(25)9-23-15(26)13-14(18-10-20(13)5)21(6)16(23)27/h10H,7-9H2,1-6H3,(H,19,24). The van der Waals surface area contributed by atoms with Crippen molar-refractivity contribution >= 4 is 23.0 Å². The monoisotopic (exact) mass is 378 g/mol. The second kappa shape index (κ2) is 7.37. The number of hydrogen-bond donors (Lipinski definition) is 1. The zero-order chi connectivity index (χ0) is 20.5.